The van der Waals surface area contributed by atoms with Gasteiger partial charge in [-0.1, -0.05) is 11.6 Å². The van der Waals surface area contributed by atoms with Crippen molar-refractivity contribution in [2.45, 2.75) is 0 Å². The Morgan fingerprint density at radius 2 is 1.93 bits per heavy atom. The number of nitriles is 1. The Bertz CT molecular complexity index is 1070. The largest absolute Gasteiger partial charge is 0.497 e. The molecule has 29 heavy (non-hydrogen) atoms. The highest BCUT2D eigenvalue weighted by Gasteiger charge is 2.17. The fourth-order valence-electron chi connectivity index (χ4n) is 2.85. The van der Waals surface area contributed by atoms with Gasteiger partial charge in [-0.05, 0) is 24.3 Å². The van der Waals surface area contributed by atoms with Crippen LogP contribution in [0.5, 0.6) is 17.2 Å². The first-order chi connectivity index (χ1) is 14.1. The Kier molecular flexibility index (Phi) is 6.60. The van der Waals surface area contributed by atoms with Crippen molar-refractivity contribution in [3.05, 3.63) is 47.1 Å². The van der Waals surface area contributed by atoms with Crippen LogP contribution in [0.25, 0.3) is 10.9 Å². The van der Waals surface area contributed by atoms with Crippen LogP contribution in [0.15, 0.2) is 36.5 Å². The van der Waals surface area contributed by atoms with Crippen LogP contribution in [0.2, 0.25) is 5.02 Å². The number of nitrogens with zero attached hydrogens (tertiary/aromatic N) is 2. The molecule has 0 saturated carbocycles. The SMILES string of the molecule is COCCOc1ccc2c(Nc3cc(OC)ccc3Cl)c(C#N)cnc2c1OC. The summed E-state index contributed by atoms with van der Waals surface area (Å²) in [6.45, 7) is 0.822. The molecule has 0 fully saturated rings. The van der Waals surface area contributed by atoms with Crippen LogP contribution in [-0.2, 0) is 4.74 Å². The molecule has 3 aromatic rings. The van der Waals surface area contributed by atoms with E-state index in [1.165, 1.54) is 6.20 Å². The van der Waals surface area contributed by atoms with Gasteiger partial charge in [0.1, 0.15) is 23.9 Å². The summed E-state index contributed by atoms with van der Waals surface area (Å²) < 4.78 is 21.6. The average molecular weight is 414 g/mol. The molecule has 0 bridgehead atoms. The lowest BCUT2D eigenvalue weighted by molar-refractivity contribution is 0.144. The lowest BCUT2D eigenvalue weighted by Gasteiger charge is -2.16. The van der Waals surface area contributed by atoms with Gasteiger partial charge in [0, 0.05) is 24.8 Å². The molecule has 0 spiro atoms. The van der Waals surface area contributed by atoms with Gasteiger partial charge >= 0.3 is 0 Å². The summed E-state index contributed by atoms with van der Waals surface area (Å²) in [5.41, 5.74) is 2.10. The lowest BCUT2D eigenvalue weighted by Crippen LogP contribution is -2.06. The molecular formula is C21H20ClN3O4. The van der Waals surface area contributed by atoms with E-state index in [9.17, 15) is 5.26 Å². The summed E-state index contributed by atoms with van der Waals surface area (Å²) in [5.74, 6) is 1.66. The lowest BCUT2D eigenvalue weighted by atomic mass is 10.1. The van der Waals surface area contributed by atoms with Gasteiger partial charge in [-0.2, -0.15) is 5.26 Å². The fourth-order valence-corrected chi connectivity index (χ4v) is 3.01. The van der Waals surface area contributed by atoms with Gasteiger partial charge in [-0.15, -0.1) is 0 Å². The van der Waals surface area contributed by atoms with Gasteiger partial charge in [-0.25, -0.2) is 0 Å². The Balaban J connectivity index is 2.12. The Hall–Kier alpha value is -3.21. The molecular weight excluding hydrogens is 394 g/mol. The van der Waals surface area contributed by atoms with Crippen molar-refractivity contribution in [2.24, 2.45) is 0 Å². The first-order valence-corrected chi connectivity index (χ1v) is 9.12. The van der Waals surface area contributed by atoms with Crippen LogP contribution in [-0.4, -0.2) is 39.5 Å². The first-order valence-electron chi connectivity index (χ1n) is 8.75. The van der Waals surface area contributed by atoms with E-state index in [4.69, 9.17) is 30.5 Å². The molecule has 1 heterocycles. The molecule has 0 aliphatic heterocycles. The molecule has 0 radical (unpaired) electrons. The monoisotopic (exact) mass is 413 g/mol. The third-order valence-electron chi connectivity index (χ3n) is 4.26. The number of nitrogens with one attached hydrogen (secondary N) is 1. The Morgan fingerprint density at radius 1 is 1.10 bits per heavy atom. The number of hydrogen-bond acceptors (Lipinski definition) is 7. The number of anilines is 2. The van der Waals surface area contributed by atoms with Gasteiger partial charge < -0.3 is 24.3 Å². The van der Waals surface area contributed by atoms with E-state index < -0.39 is 0 Å². The minimum absolute atomic E-state index is 0.367. The Labute approximate surface area is 173 Å². The maximum absolute atomic E-state index is 9.59. The third-order valence-corrected chi connectivity index (χ3v) is 4.59. The highest BCUT2D eigenvalue weighted by atomic mass is 35.5. The van der Waals surface area contributed by atoms with Crippen molar-refractivity contribution in [3.8, 4) is 23.3 Å². The van der Waals surface area contributed by atoms with E-state index in [0.29, 0.717) is 63.3 Å². The zero-order valence-corrected chi connectivity index (χ0v) is 17.0. The minimum atomic E-state index is 0.367. The van der Waals surface area contributed by atoms with Crippen LogP contribution < -0.4 is 19.5 Å². The summed E-state index contributed by atoms with van der Waals surface area (Å²) in [6, 6.07) is 11.0. The standard InChI is InChI=1S/C21H20ClN3O4/c1-26-8-9-29-18-7-5-15-19(13(11-23)12-24-20(15)21(18)28-3)25-17-10-14(27-2)4-6-16(17)22/h4-7,10,12H,8-9H2,1-3H3,(H,24,25). The number of benzene rings is 2. The zero-order chi connectivity index (χ0) is 20.8. The van der Waals surface area contributed by atoms with E-state index in [1.807, 2.05) is 6.07 Å². The summed E-state index contributed by atoms with van der Waals surface area (Å²) in [7, 11) is 4.73. The number of rotatable bonds is 8. The second-order valence-electron chi connectivity index (χ2n) is 5.96. The van der Waals surface area contributed by atoms with E-state index in [2.05, 4.69) is 16.4 Å². The van der Waals surface area contributed by atoms with Crippen LogP contribution >= 0.6 is 11.6 Å². The number of ether oxygens (including phenoxy) is 4. The van der Waals surface area contributed by atoms with Gasteiger partial charge in [0.05, 0.1) is 42.8 Å². The molecule has 0 aliphatic rings. The van der Waals surface area contributed by atoms with Gasteiger partial charge in [-0.3, -0.25) is 4.98 Å². The highest BCUT2D eigenvalue weighted by molar-refractivity contribution is 6.33. The van der Waals surface area contributed by atoms with Crippen LogP contribution in [0.4, 0.5) is 11.4 Å². The second-order valence-corrected chi connectivity index (χ2v) is 6.37. The fraction of sp³-hybridized carbons (Fsp3) is 0.238. The molecule has 1 aromatic heterocycles. The van der Waals surface area contributed by atoms with E-state index in [0.717, 1.165) is 0 Å². The Morgan fingerprint density at radius 3 is 2.62 bits per heavy atom. The van der Waals surface area contributed by atoms with Crippen molar-refractivity contribution in [1.29, 1.82) is 5.26 Å². The minimum Gasteiger partial charge on any atom is -0.497 e. The number of aromatic nitrogens is 1. The van der Waals surface area contributed by atoms with Crippen molar-refractivity contribution >= 4 is 33.9 Å². The van der Waals surface area contributed by atoms with Crippen LogP contribution in [0.1, 0.15) is 5.56 Å². The molecule has 8 heteroatoms. The van der Waals surface area contributed by atoms with Crippen LogP contribution in [0, 0.1) is 11.3 Å². The molecule has 0 saturated heterocycles. The van der Waals surface area contributed by atoms with Gasteiger partial charge in [0.25, 0.3) is 0 Å². The molecule has 0 aliphatic carbocycles. The number of methoxy groups -OCH3 is 3. The zero-order valence-electron chi connectivity index (χ0n) is 16.3. The normalized spacial score (nSPS) is 10.4. The molecule has 0 atom stereocenters. The first kappa shape index (κ1) is 20.5. The maximum atomic E-state index is 9.59. The quantitative estimate of drug-likeness (QED) is 0.542. The van der Waals surface area contributed by atoms with Crippen molar-refractivity contribution in [2.75, 3.05) is 39.9 Å². The van der Waals surface area contributed by atoms with E-state index in [1.54, 1.807) is 45.6 Å². The van der Waals surface area contributed by atoms with Crippen molar-refractivity contribution in [1.82, 2.24) is 4.98 Å². The number of halogens is 1. The summed E-state index contributed by atoms with van der Waals surface area (Å²) in [4.78, 5) is 4.41. The average Bonchev–Trinajstić information content (AvgIpc) is 2.75. The molecule has 150 valence electrons. The number of fused-ring (bicyclic) bond motifs is 1. The molecule has 7 nitrogen and oxygen atoms in total. The van der Waals surface area contributed by atoms with E-state index >= 15 is 0 Å². The van der Waals surface area contributed by atoms with E-state index in [-0.39, 0.29) is 0 Å². The molecule has 1 N–H and O–H groups in total. The second kappa shape index (κ2) is 9.32. The molecule has 0 unspecified atom stereocenters. The molecule has 3 rings (SSSR count). The molecule has 0 amide bonds. The molecule has 2 aromatic carbocycles. The van der Waals surface area contributed by atoms with Gasteiger partial charge in [0.15, 0.2) is 11.5 Å². The predicted octanol–water partition coefficient (Wildman–Crippen LogP) is 4.55. The maximum Gasteiger partial charge on any atom is 0.187 e. The summed E-state index contributed by atoms with van der Waals surface area (Å²) in [5, 5.41) is 14.0. The number of pyridine rings is 1. The third kappa shape index (κ3) is 4.29. The summed E-state index contributed by atoms with van der Waals surface area (Å²) in [6.07, 6.45) is 1.49. The highest BCUT2D eigenvalue weighted by Crippen LogP contribution is 2.40. The van der Waals surface area contributed by atoms with Crippen LogP contribution in [0.3, 0.4) is 0 Å². The van der Waals surface area contributed by atoms with Crippen molar-refractivity contribution in [3.63, 3.8) is 0 Å². The predicted molar refractivity (Wildman–Crippen MR) is 112 cm³/mol. The number of hydrogen-bond donors (Lipinski definition) is 1. The van der Waals surface area contributed by atoms with Gasteiger partial charge in [0.2, 0.25) is 0 Å². The summed E-state index contributed by atoms with van der Waals surface area (Å²) >= 11 is 6.33. The topological polar surface area (TPSA) is 85.6 Å². The van der Waals surface area contributed by atoms with Crippen molar-refractivity contribution < 1.29 is 18.9 Å². The smallest absolute Gasteiger partial charge is 0.187 e.